The summed E-state index contributed by atoms with van der Waals surface area (Å²) in [4.78, 5) is 40.7. The fourth-order valence-electron chi connectivity index (χ4n) is 3.76. The molecule has 0 radical (unpaired) electrons. The predicted octanol–water partition coefficient (Wildman–Crippen LogP) is 2.01. The summed E-state index contributed by atoms with van der Waals surface area (Å²) in [6.07, 6.45) is 0.294. The Labute approximate surface area is 169 Å². The molecule has 1 saturated heterocycles. The van der Waals surface area contributed by atoms with Crippen molar-refractivity contribution in [2.24, 2.45) is 0 Å². The minimum atomic E-state index is -3.39. The highest BCUT2D eigenvalue weighted by atomic mass is 31.2. The fraction of sp³-hybridized carbons (Fsp3) is 0.526. The third-order valence-corrected chi connectivity index (χ3v) is 7.19. The van der Waals surface area contributed by atoms with Gasteiger partial charge in [0.1, 0.15) is 6.04 Å². The third-order valence-electron chi connectivity index (χ3n) is 5.14. The Balaban J connectivity index is 1.75. The number of nitrogens with two attached hydrogens (primary N) is 1. The first-order chi connectivity index (χ1) is 13.8. The molecule has 9 nitrogen and oxygen atoms in total. The van der Waals surface area contributed by atoms with E-state index >= 15 is 0 Å². The van der Waals surface area contributed by atoms with Crippen molar-refractivity contribution in [2.45, 2.75) is 39.3 Å². The van der Waals surface area contributed by atoms with E-state index in [1.54, 1.807) is 32.0 Å². The highest BCUT2D eigenvalue weighted by Gasteiger charge is 2.43. The van der Waals surface area contributed by atoms with Crippen molar-refractivity contribution in [2.75, 3.05) is 31.7 Å². The largest absolute Gasteiger partial charge is 0.398 e. The van der Waals surface area contributed by atoms with Gasteiger partial charge in [-0.15, -0.1) is 0 Å². The van der Waals surface area contributed by atoms with E-state index in [0.29, 0.717) is 16.8 Å². The number of imide groups is 1. The van der Waals surface area contributed by atoms with Crippen molar-refractivity contribution in [3.05, 3.63) is 29.3 Å². The zero-order valence-electron chi connectivity index (χ0n) is 16.6. The molecule has 0 aromatic heterocycles. The molecule has 2 heterocycles. The zero-order valence-corrected chi connectivity index (χ0v) is 17.5. The van der Waals surface area contributed by atoms with Gasteiger partial charge < -0.3 is 19.7 Å². The Kier molecular flexibility index (Phi) is 6.41. The van der Waals surface area contributed by atoms with Gasteiger partial charge in [0.15, 0.2) is 0 Å². The second-order valence-corrected chi connectivity index (χ2v) is 9.10. The summed E-state index contributed by atoms with van der Waals surface area (Å²) in [5.74, 6) is -1.09. The summed E-state index contributed by atoms with van der Waals surface area (Å²) in [7, 11) is -3.39. The van der Waals surface area contributed by atoms with Gasteiger partial charge in [-0.2, -0.15) is 0 Å². The van der Waals surface area contributed by atoms with Crippen molar-refractivity contribution in [1.82, 2.24) is 9.80 Å². The van der Waals surface area contributed by atoms with Gasteiger partial charge in [-0.05, 0) is 32.4 Å². The maximum Gasteiger partial charge on any atom is 0.332 e. The normalized spacial score (nSPS) is 19.8. The number of hydrogen-bond donors (Lipinski definition) is 1. The summed E-state index contributed by atoms with van der Waals surface area (Å²) in [6.45, 7) is 3.94. The van der Waals surface area contributed by atoms with Gasteiger partial charge in [-0.25, -0.2) is 0 Å². The van der Waals surface area contributed by atoms with Gasteiger partial charge in [-0.1, -0.05) is 6.07 Å². The Morgan fingerprint density at radius 3 is 2.48 bits per heavy atom. The molecule has 3 rings (SSSR count). The van der Waals surface area contributed by atoms with Crippen molar-refractivity contribution in [3.8, 4) is 0 Å². The van der Waals surface area contributed by atoms with Gasteiger partial charge in [0.2, 0.25) is 5.91 Å². The maximum absolute atomic E-state index is 13.0. The van der Waals surface area contributed by atoms with Crippen LogP contribution in [0.5, 0.6) is 0 Å². The number of amides is 3. The number of carbonyl (C=O) groups is 3. The molecule has 158 valence electrons. The highest BCUT2D eigenvalue weighted by Crippen LogP contribution is 2.47. The lowest BCUT2D eigenvalue weighted by molar-refractivity contribution is -0.151. The molecule has 1 unspecified atom stereocenters. The van der Waals surface area contributed by atoms with Gasteiger partial charge in [0, 0.05) is 36.3 Å². The monoisotopic (exact) mass is 423 g/mol. The van der Waals surface area contributed by atoms with E-state index in [2.05, 4.69) is 0 Å². The first-order valence-corrected chi connectivity index (χ1v) is 11.4. The van der Waals surface area contributed by atoms with Crippen LogP contribution in [0, 0.1) is 0 Å². The van der Waals surface area contributed by atoms with E-state index in [1.165, 1.54) is 4.90 Å². The number of hydrogen-bond acceptors (Lipinski definition) is 7. The predicted molar refractivity (Wildman–Crippen MR) is 106 cm³/mol. The van der Waals surface area contributed by atoms with Crippen LogP contribution in [0.2, 0.25) is 0 Å². The molecule has 3 amide bonds. The van der Waals surface area contributed by atoms with Gasteiger partial charge >= 0.3 is 7.60 Å². The van der Waals surface area contributed by atoms with E-state index in [1.807, 2.05) is 0 Å². The molecule has 1 aromatic carbocycles. The first kappa shape index (κ1) is 21.5. The molecule has 0 bridgehead atoms. The van der Waals surface area contributed by atoms with Crippen LogP contribution in [0.4, 0.5) is 5.69 Å². The number of fused-ring (bicyclic) bond motifs is 1. The lowest BCUT2D eigenvalue weighted by atomic mass is 10.0. The second kappa shape index (κ2) is 8.65. The Bertz CT molecular complexity index is 864. The Hall–Kier alpha value is -2.22. The molecule has 10 heteroatoms. The van der Waals surface area contributed by atoms with Gasteiger partial charge in [0.05, 0.1) is 19.4 Å². The number of piperidine rings is 1. The number of nitrogens with zero attached hydrogens (tertiary/aromatic N) is 2. The SMILES string of the molecule is CCOP(=O)(CCN1C(=O)CCC(N2Cc3c(N)cccc3C2=O)C1=O)OCC. The van der Waals surface area contributed by atoms with Crippen LogP contribution in [0.15, 0.2) is 18.2 Å². The number of rotatable bonds is 8. The van der Waals surface area contributed by atoms with Crippen molar-refractivity contribution < 1.29 is 28.0 Å². The maximum atomic E-state index is 13.0. The van der Waals surface area contributed by atoms with Crippen LogP contribution < -0.4 is 5.73 Å². The molecule has 1 fully saturated rings. The molecule has 1 aromatic rings. The minimum Gasteiger partial charge on any atom is -0.398 e. The second-order valence-electron chi connectivity index (χ2n) is 6.91. The van der Waals surface area contributed by atoms with Crippen LogP contribution >= 0.6 is 7.60 Å². The standard InChI is InChI=1S/C19H26N3O6P/c1-3-27-29(26,28-4-2)11-10-21-17(23)9-8-16(19(21)25)22-12-14-13(18(22)24)6-5-7-15(14)20/h5-7,16H,3-4,8-12,20H2,1-2H3. The third kappa shape index (κ3) is 4.22. The van der Waals surface area contributed by atoms with Crippen LogP contribution in [-0.2, 0) is 29.7 Å². The summed E-state index contributed by atoms with van der Waals surface area (Å²) in [5, 5.41) is 0. The summed E-state index contributed by atoms with van der Waals surface area (Å²) in [6, 6.07) is 4.34. The topological polar surface area (TPSA) is 119 Å². The lowest BCUT2D eigenvalue weighted by Crippen LogP contribution is -2.55. The molecule has 0 aliphatic carbocycles. The molecule has 0 spiro atoms. The molecule has 2 N–H and O–H groups in total. The van der Waals surface area contributed by atoms with Crippen molar-refractivity contribution >= 4 is 31.0 Å². The Morgan fingerprint density at radius 1 is 1.17 bits per heavy atom. The number of benzene rings is 1. The zero-order chi connectivity index (χ0) is 21.2. The van der Waals surface area contributed by atoms with E-state index in [-0.39, 0.29) is 57.1 Å². The van der Waals surface area contributed by atoms with Crippen LogP contribution in [0.3, 0.4) is 0 Å². The summed E-state index contributed by atoms with van der Waals surface area (Å²) < 4.78 is 23.1. The highest BCUT2D eigenvalue weighted by molar-refractivity contribution is 7.53. The van der Waals surface area contributed by atoms with Gasteiger partial charge in [0.25, 0.3) is 11.8 Å². The number of nitrogen functional groups attached to an aromatic ring is 1. The molecule has 2 aliphatic heterocycles. The number of anilines is 1. The van der Waals surface area contributed by atoms with E-state index in [0.717, 1.165) is 4.90 Å². The molecule has 2 aliphatic rings. The van der Waals surface area contributed by atoms with E-state index in [9.17, 15) is 18.9 Å². The lowest BCUT2D eigenvalue weighted by Gasteiger charge is -2.35. The molecule has 0 saturated carbocycles. The molecular weight excluding hydrogens is 397 g/mol. The molecular formula is C19H26N3O6P. The average Bonchev–Trinajstić information content (AvgIpc) is 3.00. The summed E-state index contributed by atoms with van der Waals surface area (Å²) >= 11 is 0. The van der Waals surface area contributed by atoms with Crippen molar-refractivity contribution in [1.29, 1.82) is 0 Å². The van der Waals surface area contributed by atoms with Crippen molar-refractivity contribution in [3.63, 3.8) is 0 Å². The Morgan fingerprint density at radius 2 is 1.86 bits per heavy atom. The fourth-order valence-corrected chi connectivity index (χ4v) is 5.32. The van der Waals surface area contributed by atoms with E-state index in [4.69, 9.17) is 14.8 Å². The molecule has 1 atom stereocenters. The summed E-state index contributed by atoms with van der Waals surface area (Å²) in [5.41, 5.74) is 7.66. The smallest absolute Gasteiger partial charge is 0.332 e. The minimum absolute atomic E-state index is 0.0808. The van der Waals surface area contributed by atoms with Crippen LogP contribution in [0.25, 0.3) is 0 Å². The van der Waals surface area contributed by atoms with E-state index < -0.39 is 19.5 Å². The quantitative estimate of drug-likeness (QED) is 0.386. The first-order valence-electron chi connectivity index (χ1n) is 9.72. The van der Waals surface area contributed by atoms with Gasteiger partial charge in [-0.3, -0.25) is 23.8 Å². The number of carbonyl (C=O) groups excluding carboxylic acids is 3. The molecule has 29 heavy (non-hydrogen) atoms. The van der Waals surface area contributed by atoms with Crippen LogP contribution in [0.1, 0.15) is 42.6 Å². The average molecular weight is 423 g/mol. The van der Waals surface area contributed by atoms with Crippen LogP contribution in [-0.4, -0.2) is 59.5 Å². The number of likely N-dealkylation sites (tertiary alicyclic amines) is 1.